The van der Waals surface area contributed by atoms with E-state index in [9.17, 15) is 5.02 Å². The van der Waals surface area contributed by atoms with Gasteiger partial charge in [-0.1, -0.05) is 26.0 Å². The fraction of sp³-hybridized carbons (Fsp3) is 0.400. The van der Waals surface area contributed by atoms with Crippen molar-refractivity contribution in [3.05, 3.63) is 29.3 Å². The van der Waals surface area contributed by atoms with Crippen LogP contribution in [0.25, 0.3) is 0 Å². The first kappa shape index (κ1) is 8.63. The van der Waals surface area contributed by atoms with Gasteiger partial charge in [0.05, 0.1) is 0 Å². The molecule has 0 radical (unpaired) electrons. The molecule has 0 aromatic heterocycles. The maximum atomic E-state index is 9.65. The zero-order valence-electron chi connectivity index (χ0n) is 8.16. The van der Waals surface area contributed by atoms with Gasteiger partial charge in [0.15, 0.2) is 0 Å². The largest absolute Gasteiger partial charge is 0.535 e. The van der Waals surface area contributed by atoms with E-state index in [2.05, 4.69) is 0 Å². The molecular weight excluding hydrogens is 163 g/mol. The van der Waals surface area contributed by atoms with Crippen molar-refractivity contribution in [2.75, 3.05) is 0 Å². The summed E-state index contributed by atoms with van der Waals surface area (Å²) >= 11 is 0. The number of benzene rings is 1. The van der Waals surface area contributed by atoms with Crippen molar-refractivity contribution in [3.8, 4) is 5.75 Å². The molecule has 1 aromatic carbocycles. The lowest BCUT2D eigenvalue weighted by Crippen LogP contribution is -2.37. The van der Waals surface area contributed by atoms with E-state index in [0.717, 1.165) is 16.9 Å². The topological polar surface area (TPSA) is 29.5 Å². The van der Waals surface area contributed by atoms with Crippen LogP contribution in [0.5, 0.6) is 5.75 Å². The Morgan fingerprint density at radius 1 is 1.38 bits per heavy atom. The Bertz CT molecular complexity index is 347. The molecule has 2 nitrogen and oxygen atoms in total. The molecule has 0 aliphatic carbocycles. The SMILES string of the molecule is Cc1ccc2c(c1)OB(O)C2(C)C. The van der Waals surface area contributed by atoms with Gasteiger partial charge < -0.3 is 9.68 Å². The molecule has 1 aliphatic heterocycles. The van der Waals surface area contributed by atoms with E-state index in [1.54, 1.807) is 0 Å². The first-order valence-electron chi connectivity index (χ1n) is 4.47. The second-order valence-corrected chi connectivity index (χ2v) is 4.19. The van der Waals surface area contributed by atoms with E-state index < -0.39 is 7.12 Å². The van der Waals surface area contributed by atoms with E-state index in [-0.39, 0.29) is 5.31 Å². The van der Waals surface area contributed by atoms with Crippen LogP contribution in [0.3, 0.4) is 0 Å². The quantitative estimate of drug-likeness (QED) is 0.609. The monoisotopic (exact) mass is 176 g/mol. The Labute approximate surface area is 78.7 Å². The van der Waals surface area contributed by atoms with Crippen molar-refractivity contribution in [2.24, 2.45) is 0 Å². The lowest BCUT2D eigenvalue weighted by molar-refractivity contribution is 0.401. The minimum atomic E-state index is -0.718. The summed E-state index contributed by atoms with van der Waals surface area (Å²) in [6.07, 6.45) is 0. The fourth-order valence-electron chi connectivity index (χ4n) is 1.66. The molecule has 1 aromatic rings. The maximum absolute atomic E-state index is 9.65. The third kappa shape index (κ3) is 1.15. The summed E-state index contributed by atoms with van der Waals surface area (Å²) in [5.41, 5.74) is 2.24. The lowest BCUT2D eigenvalue weighted by Gasteiger charge is -2.16. The lowest BCUT2D eigenvalue weighted by atomic mass is 9.59. The molecule has 3 heteroatoms. The molecule has 1 aliphatic rings. The highest BCUT2D eigenvalue weighted by molar-refractivity contribution is 6.49. The first-order chi connectivity index (χ1) is 6.01. The summed E-state index contributed by atoms with van der Waals surface area (Å²) in [7, 11) is -0.718. The average Bonchev–Trinajstić information content (AvgIpc) is 2.23. The number of fused-ring (bicyclic) bond motifs is 1. The van der Waals surface area contributed by atoms with Crippen molar-refractivity contribution >= 4 is 7.12 Å². The second-order valence-electron chi connectivity index (χ2n) is 4.19. The third-order valence-corrected chi connectivity index (χ3v) is 2.69. The van der Waals surface area contributed by atoms with Crippen LogP contribution in [0.4, 0.5) is 0 Å². The van der Waals surface area contributed by atoms with Crippen molar-refractivity contribution in [1.29, 1.82) is 0 Å². The standard InChI is InChI=1S/C10H13BO2/c1-7-4-5-8-9(6-7)13-11(12)10(8,2)3/h4-6,12H,1-3H3. The van der Waals surface area contributed by atoms with Crippen LogP contribution in [0, 0.1) is 6.92 Å². The van der Waals surface area contributed by atoms with Crippen LogP contribution in [0.1, 0.15) is 25.0 Å². The van der Waals surface area contributed by atoms with Gasteiger partial charge in [-0.15, -0.1) is 0 Å². The Balaban J connectivity index is 2.55. The number of hydrogen-bond donors (Lipinski definition) is 1. The van der Waals surface area contributed by atoms with E-state index in [1.165, 1.54) is 0 Å². The van der Waals surface area contributed by atoms with Crippen molar-refractivity contribution in [3.63, 3.8) is 0 Å². The van der Waals surface area contributed by atoms with Crippen LogP contribution in [-0.4, -0.2) is 12.1 Å². The maximum Gasteiger partial charge on any atom is 0.533 e. The average molecular weight is 176 g/mol. The van der Waals surface area contributed by atoms with Gasteiger partial charge in [0.2, 0.25) is 0 Å². The van der Waals surface area contributed by atoms with Crippen LogP contribution < -0.4 is 4.65 Å². The highest BCUT2D eigenvalue weighted by Crippen LogP contribution is 2.40. The Hall–Kier alpha value is -0.955. The number of aryl methyl sites for hydroxylation is 1. The minimum absolute atomic E-state index is 0.289. The summed E-state index contributed by atoms with van der Waals surface area (Å²) in [5, 5.41) is 9.36. The number of rotatable bonds is 0. The molecule has 1 heterocycles. The molecule has 0 saturated carbocycles. The minimum Gasteiger partial charge on any atom is -0.535 e. The van der Waals surface area contributed by atoms with Crippen LogP contribution in [-0.2, 0) is 5.31 Å². The molecule has 2 rings (SSSR count). The predicted octanol–water partition coefficient (Wildman–Crippen LogP) is 1.68. The molecule has 13 heavy (non-hydrogen) atoms. The normalized spacial score (nSPS) is 18.3. The first-order valence-corrected chi connectivity index (χ1v) is 4.47. The van der Waals surface area contributed by atoms with Gasteiger partial charge in [-0.3, -0.25) is 0 Å². The molecule has 1 N–H and O–H groups in total. The molecule has 0 unspecified atom stereocenters. The Kier molecular flexibility index (Phi) is 1.67. The third-order valence-electron chi connectivity index (χ3n) is 2.69. The van der Waals surface area contributed by atoms with E-state index >= 15 is 0 Å². The van der Waals surface area contributed by atoms with Gasteiger partial charge in [0.1, 0.15) is 5.75 Å². The summed E-state index contributed by atoms with van der Waals surface area (Å²) in [6, 6.07) is 6.04. The molecule has 68 valence electrons. The molecule has 0 amide bonds. The van der Waals surface area contributed by atoms with E-state index in [4.69, 9.17) is 4.65 Å². The predicted molar refractivity (Wildman–Crippen MR) is 52.8 cm³/mol. The van der Waals surface area contributed by atoms with E-state index in [1.807, 2.05) is 39.0 Å². The van der Waals surface area contributed by atoms with Crippen LogP contribution >= 0.6 is 0 Å². The van der Waals surface area contributed by atoms with E-state index in [0.29, 0.717) is 0 Å². The zero-order chi connectivity index (χ0) is 9.64. The highest BCUT2D eigenvalue weighted by atomic mass is 16.5. The molecule has 0 atom stereocenters. The zero-order valence-corrected chi connectivity index (χ0v) is 8.16. The molecule has 0 saturated heterocycles. The fourth-order valence-corrected chi connectivity index (χ4v) is 1.66. The van der Waals surface area contributed by atoms with Crippen molar-refractivity contribution < 1.29 is 9.68 Å². The second kappa shape index (κ2) is 2.52. The van der Waals surface area contributed by atoms with Gasteiger partial charge in [-0.25, -0.2) is 0 Å². The summed E-state index contributed by atoms with van der Waals surface area (Å²) < 4.78 is 5.36. The van der Waals surface area contributed by atoms with Crippen LogP contribution in [0.2, 0.25) is 0 Å². The van der Waals surface area contributed by atoms with Gasteiger partial charge in [0.25, 0.3) is 0 Å². The van der Waals surface area contributed by atoms with Crippen molar-refractivity contribution in [1.82, 2.24) is 0 Å². The summed E-state index contributed by atoms with van der Waals surface area (Å²) in [5.74, 6) is 0.817. The number of hydrogen-bond acceptors (Lipinski definition) is 2. The Morgan fingerprint density at radius 2 is 2.08 bits per heavy atom. The summed E-state index contributed by atoms with van der Waals surface area (Å²) in [4.78, 5) is 0. The highest BCUT2D eigenvalue weighted by Gasteiger charge is 2.46. The van der Waals surface area contributed by atoms with Crippen LogP contribution in [0.15, 0.2) is 18.2 Å². The smallest absolute Gasteiger partial charge is 0.533 e. The molecule has 0 bridgehead atoms. The summed E-state index contributed by atoms with van der Waals surface area (Å²) in [6.45, 7) is 5.99. The molecule has 0 spiro atoms. The molecular formula is C10H13BO2. The van der Waals surface area contributed by atoms with Gasteiger partial charge >= 0.3 is 7.12 Å². The van der Waals surface area contributed by atoms with Gasteiger partial charge in [-0.2, -0.15) is 0 Å². The Morgan fingerprint density at radius 3 is 2.77 bits per heavy atom. The van der Waals surface area contributed by atoms with Crippen molar-refractivity contribution in [2.45, 2.75) is 26.1 Å². The van der Waals surface area contributed by atoms with Gasteiger partial charge in [0, 0.05) is 5.31 Å². The van der Waals surface area contributed by atoms with Gasteiger partial charge in [-0.05, 0) is 24.1 Å². The molecule has 0 fully saturated rings.